The summed E-state index contributed by atoms with van der Waals surface area (Å²) in [5.41, 5.74) is 6.98. The molecule has 0 amide bonds. The first-order chi connectivity index (χ1) is 9.22. The Kier molecular flexibility index (Phi) is 3.68. The van der Waals surface area contributed by atoms with Crippen LogP contribution in [0.4, 0.5) is 0 Å². The zero-order valence-electron chi connectivity index (χ0n) is 11.1. The van der Waals surface area contributed by atoms with Gasteiger partial charge in [0.05, 0.1) is 10.6 Å². The summed E-state index contributed by atoms with van der Waals surface area (Å²) in [5.74, 6) is 1.68. The van der Waals surface area contributed by atoms with Gasteiger partial charge in [-0.1, -0.05) is 6.07 Å². The molecule has 3 heterocycles. The van der Waals surface area contributed by atoms with Gasteiger partial charge >= 0.3 is 0 Å². The molecule has 0 aromatic carbocycles. The monoisotopic (exact) mass is 277 g/mol. The Bertz CT molecular complexity index is 527. The van der Waals surface area contributed by atoms with Crippen LogP contribution in [0.25, 0.3) is 10.8 Å². The fourth-order valence-corrected chi connectivity index (χ4v) is 3.05. The lowest BCUT2D eigenvalue weighted by atomic mass is 10.1. The molecular formula is C14H19N3OS. The number of hydrogen-bond donors (Lipinski definition) is 1. The summed E-state index contributed by atoms with van der Waals surface area (Å²) in [6.45, 7) is 4.98. The molecule has 0 atom stereocenters. The lowest BCUT2D eigenvalue weighted by molar-refractivity contribution is 0.203. The first-order valence-corrected chi connectivity index (χ1v) is 7.58. The standard InChI is InChI=1S/C14H19N3OS/c1-10-12(9-17-6-4-11(15)5-7-17)16-14(18-10)13-3-2-8-19-13/h2-3,8,11H,4-7,9,15H2,1H3. The topological polar surface area (TPSA) is 55.3 Å². The van der Waals surface area contributed by atoms with Crippen LogP contribution >= 0.6 is 11.3 Å². The highest BCUT2D eigenvalue weighted by Crippen LogP contribution is 2.26. The Morgan fingerprint density at radius 3 is 2.95 bits per heavy atom. The van der Waals surface area contributed by atoms with E-state index in [1.165, 1.54) is 0 Å². The molecule has 1 aliphatic heterocycles. The van der Waals surface area contributed by atoms with E-state index in [1.807, 2.05) is 24.4 Å². The predicted molar refractivity (Wildman–Crippen MR) is 77.0 cm³/mol. The van der Waals surface area contributed by atoms with E-state index in [0.717, 1.165) is 54.7 Å². The molecule has 0 aliphatic carbocycles. The Balaban J connectivity index is 1.71. The Labute approximate surface area is 117 Å². The molecule has 0 unspecified atom stereocenters. The van der Waals surface area contributed by atoms with Crippen molar-refractivity contribution in [3.8, 4) is 10.8 Å². The second kappa shape index (κ2) is 5.45. The maximum Gasteiger partial charge on any atom is 0.236 e. The molecule has 3 rings (SSSR count). The Morgan fingerprint density at radius 1 is 1.47 bits per heavy atom. The lowest BCUT2D eigenvalue weighted by Gasteiger charge is -2.29. The minimum absolute atomic E-state index is 0.372. The number of nitrogens with zero attached hydrogens (tertiary/aromatic N) is 2. The third-order valence-corrected chi connectivity index (χ3v) is 4.49. The van der Waals surface area contributed by atoms with Gasteiger partial charge in [-0.25, -0.2) is 4.98 Å². The van der Waals surface area contributed by atoms with Crippen molar-refractivity contribution in [2.75, 3.05) is 13.1 Å². The van der Waals surface area contributed by atoms with Crippen LogP contribution < -0.4 is 5.73 Å². The van der Waals surface area contributed by atoms with Gasteiger partial charge in [-0.15, -0.1) is 11.3 Å². The van der Waals surface area contributed by atoms with E-state index in [9.17, 15) is 0 Å². The zero-order chi connectivity index (χ0) is 13.2. The van der Waals surface area contributed by atoms with Crippen molar-refractivity contribution in [1.29, 1.82) is 0 Å². The third-order valence-electron chi connectivity index (χ3n) is 3.63. The SMILES string of the molecule is Cc1oc(-c2cccs2)nc1CN1CCC(N)CC1. The maximum atomic E-state index is 5.93. The van der Waals surface area contributed by atoms with Gasteiger partial charge in [-0.3, -0.25) is 4.90 Å². The van der Waals surface area contributed by atoms with Gasteiger partial charge in [0.15, 0.2) is 0 Å². The second-order valence-electron chi connectivity index (χ2n) is 5.11. The molecule has 2 N–H and O–H groups in total. The average Bonchev–Trinajstić information content (AvgIpc) is 3.03. The maximum absolute atomic E-state index is 5.93. The lowest BCUT2D eigenvalue weighted by Crippen LogP contribution is -2.39. The summed E-state index contributed by atoms with van der Waals surface area (Å²) in [5, 5.41) is 2.04. The van der Waals surface area contributed by atoms with E-state index in [0.29, 0.717) is 6.04 Å². The van der Waals surface area contributed by atoms with Crippen molar-refractivity contribution < 1.29 is 4.42 Å². The minimum Gasteiger partial charge on any atom is -0.440 e. The van der Waals surface area contributed by atoms with Gasteiger partial charge in [0.1, 0.15) is 5.76 Å². The van der Waals surface area contributed by atoms with E-state index >= 15 is 0 Å². The minimum atomic E-state index is 0.372. The van der Waals surface area contributed by atoms with Crippen molar-refractivity contribution in [3.63, 3.8) is 0 Å². The summed E-state index contributed by atoms with van der Waals surface area (Å²) in [6, 6.07) is 4.43. The summed E-state index contributed by atoms with van der Waals surface area (Å²) < 4.78 is 5.77. The summed E-state index contributed by atoms with van der Waals surface area (Å²) in [4.78, 5) is 8.14. The highest BCUT2D eigenvalue weighted by molar-refractivity contribution is 7.13. The van der Waals surface area contributed by atoms with Crippen LogP contribution in [0.1, 0.15) is 24.3 Å². The molecule has 102 valence electrons. The van der Waals surface area contributed by atoms with Gasteiger partial charge in [0, 0.05) is 25.7 Å². The molecule has 1 fully saturated rings. The van der Waals surface area contributed by atoms with Gasteiger partial charge in [0.25, 0.3) is 0 Å². The third kappa shape index (κ3) is 2.88. The number of piperidine rings is 1. The Hall–Kier alpha value is -1.17. The van der Waals surface area contributed by atoms with Crippen molar-refractivity contribution in [3.05, 3.63) is 29.0 Å². The van der Waals surface area contributed by atoms with Crippen LogP contribution in [0, 0.1) is 6.92 Å². The van der Waals surface area contributed by atoms with E-state index in [2.05, 4.69) is 9.88 Å². The number of thiophene rings is 1. The van der Waals surface area contributed by atoms with E-state index in [4.69, 9.17) is 10.2 Å². The van der Waals surface area contributed by atoms with Crippen LogP contribution in [0.5, 0.6) is 0 Å². The molecular weight excluding hydrogens is 258 g/mol. The number of aromatic nitrogens is 1. The van der Waals surface area contributed by atoms with Gasteiger partial charge in [-0.05, 0) is 31.2 Å². The van der Waals surface area contributed by atoms with Crippen molar-refractivity contribution >= 4 is 11.3 Å². The van der Waals surface area contributed by atoms with E-state index in [-0.39, 0.29) is 0 Å². The molecule has 5 heteroatoms. The van der Waals surface area contributed by atoms with Crippen molar-refractivity contribution in [2.24, 2.45) is 5.73 Å². The van der Waals surface area contributed by atoms with Crippen LogP contribution in [0.2, 0.25) is 0 Å². The first kappa shape index (κ1) is 12.8. The van der Waals surface area contributed by atoms with Crippen LogP contribution in [0.3, 0.4) is 0 Å². The molecule has 4 nitrogen and oxygen atoms in total. The number of nitrogens with two attached hydrogens (primary N) is 1. The predicted octanol–water partition coefficient (Wildman–Crippen LogP) is 2.63. The van der Waals surface area contributed by atoms with Crippen molar-refractivity contribution in [1.82, 2.24) is 9.88 Å². The zero-order valence-corrected chi connectivity index (χ0v) is 11.9. The second-order valence-corrected chi connectivity index (χ2v) is 6.06. The van der Waals surface area contributed by atoms with Gasteiger partial charge in [0.2, 0.25) is 5.89 Å². The fourth-order valence-electron chi connectivity index (χ4n) is 2.40. The molecule has 0 bridgehead atoms. The number of hydrogen-bond acceptors (Lipinski definition) is 5. The smallest absolute Gasteiger partial charge is 0.236 e. The number of aryl methyl sites for hydroxylation is 1. The molecule has 2 aromatic rings. The van der Waals surface area contributed by atoms with E-state index in [1.54, 1.807) is 11.3 Å². The summed E-state index contributed by atoms with van der Waals surface area (Å²) in [7, 11) is 0. The van der Waals surface area contributed by atoms with Crippen LogP contribution in [-0.2, 0) is 6.54 Å². The molecule has 19 heavy (non-hydrogen) atoms. The number of oxazole rings is 1. The van der Waals surface area contributed by atoms with Crippen molar-refractivity contribution in [2.45, 2.75) is 32.4 Å². The molecule has 0 saturated carbocycles. The molecule has 1 saturated heterocycles. The summed E-state index contributed by atoms with van der Waals surface area (Å²) >= 11 is 1.66. The highest BCUT2D eigenvalue weighted by Gasteiger charge is 2.19. The molecule has 0 spiro atoms. The molecule has 1 aliphatic rings. The van der Waals surface area contributed by atoms with Gasteiger partial charge < -0.3 is 10.2 Å². The first-order valence-electron chi connectivity index (χ1n) is 6.70. The number of likely N-dealkylation sites (tertiary alicyclic amines) is 1. The Morgan fingerprint density at radius 2 is 2.26 bits per heavy atom. The molecule has 0 radical (unpaired) electrons. The van der Waals surface area contributed by atoms with E-state index < -0.39 is 0 Å². The normalized spacial score (nSPS) is 18.0. The summed E-state index contributed by atoms with van der Waals surface area (Å²) in [6.07, 6.45) is 2.16. The van der Waals surface area contributed by atoms with Crippen LogP contribution in [-0.4, -0.2) is 29.0 Å². The molecule has 2 aromatic heterocycles. The quantitative estimate of drug-likeness (QED) is 0.937. The highest BCUT2D eigenvalue weighted by atomic mass is 32.1. The number of rotatable bonds is 3. The average molecular weight is 277 g/mol. The van der Waals surface area contributed by atoms with Gasteiger partial charge in [-0.2, -0.15) is 0 Å². The van der Waals surface area contributed by atoms with Crippen LogP contribution in [0.15, 0.2) is 21.9 Å². The fraction of sp³-hybridized carbons (Fsp3) is 0.500. The largest absolute Gasteiger partial charge is 0.440 e.